The normalized spacial score (nSPS) is 21.6. The molecule has 1 aromatic carbocycles. The maximum atomic E-state index is 13.7. The van der Waals surface area contributed by atoms with Crippen LogP contribution in [0, 0.1) is 12.7 Å². The number of amides is 1. The number of benzene rings is 1. The number of hydrogen-bond acceptors (Lipinski definition) is 2. The van der Waals surface area contributed by atoms with Gasteiger partial charge in [0.2, 0.25) is 0 Å². The number of fused-ring (bicyclic) bond motifs is 1. The van der Waals surface area contributed by atoms with Crippen LogP contribution in [0.2, 0.25) is 0 Å². The van der Waals surface area contributed by atoms with Crippen molar-refractivity contribution in [3.05, 3.63) is 65.8 Å². The maximum Gasteiger partial charge on any atom is 0.259 e. The first-order chi connectivity index (χ1) is 9.90. The molecule has 1 N–H and O–H groups in total. The van der Waals surface area contributed by atoms with Gasteiger partial charge in [-0.2, -0.15) is 0 Å². The lowest BCUT2D eigenvalue weighted by Crippen LogP contribution is -2.42. The van der Waals surface area contributed by atoms with Gasteiger partial charge in [0.1, 0.15) is 5.82 Å². The first kappa shape index (κ1) is 13.6. The highest BCUT2D eigenvalue weighted by Crippen LogP contribution is 2.38. The van der Waals surface area contributed by atoms with Gasteiger partial charge in [0.15, 0.2) is 0 Å². The third kappa shape index (κ3) is 1.98. The van der Waals surface area contributed by atoms with E-state index in [2.05, 4.69) is 25.1 Å². The second kappa shape index (κ2) is 4.58. The Morgan fingerprint density at radius 3 is 2.67 bits per heavy atom. The van der Waals surface area contributed by atoms with Gasteiger partial charge in [-0.15, -0.1) is 0 Å². The Labute approximate surface area is 123 Å². The third-order valence-electron chi connectivity index (χ3n) is 4.12. The molecular weight excluding hydrogens is 267 g/mol. The minimum absolute atomic E-state index is 0.175. The maximum absolute atomic E-state index is 13.7. The molecule has 1 saturated heterocycles. The SMILES string of the molecule is C=C1CCC(N2C(=C)c3cc(C)c(F)cc3C2=O)C(=C)N1. The first-order valence-corrected chi connectivity index (χ1v) is 6.86. The van der Waals surface area contributed by atoms with Gasteiger partial charge in [-0.3, -0.25) is 9.69 Å². The molecule has 2 aliphatic rings. The molecule has 0 bridgehead atoms. The van der Waals surface area contributed by atoms with Crippen molar-refractivity contribution in [2.45, 2.75) is 25.8 Å². The quantitative estimate of drug-likeness (QED) is 0.858. The molecule has 1 aromatic rings. The van der Waals surface area contributed by atoms with Crippen LogP contribution in [0.1, 0.15) is 34.3 Å². The molecule has 0 spiro atoms. The molecule has 21 heavy (non-hydrogen) atoms. The van der Waals surface area contributed by atoms with Gasteiger partial charge in [-0.25, -0.2) is 4.39 Å². The summed E-state index contributed by atoms with van der Waals surface area (Å²) in [7, 11) is 0. The molecular formula is C17H17FN2O. The second-order valence-corrected chi connectivity index (χ2v) is 5.58. The highest BCUT2D eigenvalue weighted by atomic mass is 19.1. The van der Waals surface area contributed by atoms with Gasteiger partial charge in [0.25, 0.3) is 5.91 Å². The van der Waals surface area contributed by atoms with E-state index in [1.54, 1.807) is 17.9 Å². The number of piperidine rings is 1. The predicted octanol–water partition coefficient (Wildman–Crippen LogP) is 3.34. The van der Waals surface area contributed by atoms with Crippen molar-refractivity contribution >= 4 is 11.6 Å². The van der Waals surface area contributed by atoms with Crippen LogP contribution in [0.15, 0.2) is 43.3 Å². The largest absolute Gasteiger partial charge is 0.362 e. The molecule has 0 saturated carbocycles. The molecule has 3 nitrogen and oxygen atoms in total. The second-order valence-electron chi connectivity index (χ2n) is 5.58. The lowest BCUT2D eigenvalue weighted by molar-refractivity contribution is 0.0809. The smallest absolute Gasteiger partial charge is 0.259 e. The summed E-state index contributed by atoms with van der Waals surface area (Å²) in [6.07, 6.45) is 1.51. The van der Waals surface area contributed by atoms with Gasteiger partial charge >= 0.3 is 0 Å². The summed E-state index contributed by atoms with van der Waals surface area (Å²) in [5, 5.41) is 3.10. The molecule has 2 aliphatic heterocycles. The van der Waals surface area contributed by atoms with E-state index in [9.17, 15) is 9.18 Å². The van der Waals surface area contributed by atoms with Crippen LogP contribution in [0.25, 0.3) is 5.70 Å². The molecule has 4 heteroatoms. The van der Waals surface area contributed by atoms with E-state index in [1.165, 1.54) is 6.07 Å². The Kier molecular flexibility index (Phi) is 2.97. The summed E-state index contributed by atoms with van der Waals surface area (Å²) >= 11 is 0. The van der Waals surface area contributed by atoms with E-state index >= 15 is 0 Å². The summed E-state index contributed by atoms with van der Waals surface area (Å²) in [6, 6.07) is 2.81. The van der Waals surface area contributed by atoms with Gasteiger partial charge in [0.05, 0.1) is 11.6 Å². The summed E-state index contributed by atoms with van der Waals surface area (Å²) in [5.41, 5.74) is 3.83. The van der Waals surface area contributed by atoms with Crippen LogP contribution in [0.4, 0.5) is 4.39 Å². The minimum atomic E-state index is -0.370. The fraction of sp³-hybridized carbons (Fsp3) is 0.235. The standard InChI is InChI=1S/C17H17FN2O/c1-9-7-13-12(4)20(17(21)14(13)8-15(9)18)16-6-5-10(2)19-11(16)3/h7-8,16,19H,2-6H2,1H3. The van der Waals surface area contributed by atoms with Gasteiger partial charge < -0.3 is 5.32 Å². The lowest BCUT2D eigenvalue weighted by Gasteiger charge is -2.35. The van der Waals surface area contributed by atoms with E-state index in [4.69, 9.17) is 0 Å². The Hall–Kier alpha value is -2.36. The van der Waals surface area contributed by atoms with E-state index in [0.29, 0.717) is 22.4 Å². The molecule has 1 atom stereocenters. The van der Waals surface area contributed by atoms with Crippen LogP contribution in [-0.2, 0) is 0 Å². The number of allylic oxidation sites excluding steroid dienone is 1. The zero-order valence-electron chi connectivity index (χ0n) is 12.0. The Morgan fingerprint density at radius 2 is 2.00 bits per heavy atom. The fourth-order valence-electron chi connectivity index (χ4n) is 2.95. The average molecular weight is 284 g/mol. The van der Waals surface area contributed by atoms with Crippen molar-refractivity contribution in [2.75, 3.05) is 0 Å². The number of carbonyl (C=O) groups excluding carboxylic acids is 1. The van der Waals surface area contributed by atoms with Gasteiger partial charge in [-0.05, 0) is 37.5 Å². The zero-order valence-corrected chi connectivity index (χ0v) is 12.0. The monoisotopic (exact) mass is 284 g/mol. The van der Waals surface area contributed by atoms with Crippen molar-refractivity contribution < 1.29 is 9.18 Å². The van der Waals surface area contributed by atoms with Crippen molar-refractivity contribution in [3.63, 3.8) is 0 Å². The van der Waals surface area contributed by atoms with Crippen LogP contribution < -0.4 is 5.32 Å². The molecule has 0 radical (unpaired) electrons. The molecule has 0 aliphatic carbocycles. The van der Waals surface area contributed by atoms with Crippen LogP contribution in [0.3, 0.4) is 0 Å². The van der Waals surface area contributed by atoms with Crippen LogP contribution in [0.5, 0.6) is 0 Å². The number of aryl methyl sites for hydroxylation is 1. The van der Waals surface area contributed by atoms with E-state index in [-0.39, 0.29) is 17.8 Å². The predicted molar refractivity (Wildman–Crippen MR) is 80.8 cm³/mol. The zero-order chi connectivity index (χ0) is 15.3. The molecule has 0 aromatic heterocycles. The molecule has 108 valence electrons. The molecule has 1 fully saturated rings. The summed E-state index contributed by atoms with van der Waals surface area (Å²) < 4.78 is 13.7. The molecule has 1 amide bonds. The number of nitrogens with zero attached hydrogens (tertiary/aromatic N) is 1. The number of rotatable bonds is 1. The van der Waals surface area contributed by atoms with Crippen LogP contribution >= 0.6 is 0 Å². The molecule has 3 rings (SSSR count). The molecule has 1 unspecified atom stereocenters. The van der Waals surface area contributed by atoms with Gasteiger partial charge in [-0.1, -0.05) is 19.7 Å². The summed E-state index contributed by atoms with van der Waals surface area (Å²) in [4.78, 5) is 14.2. The van der Waals surface area contributed by atoms with Crippen molar-refractivity contribution in [1.29, 1.82) is 0 Å². The Morgan fingerprint density at radius 1 is 1.29 bits per heavy atom. The summed E-state index contributed by atoms with van der Waals surface area (Å²) in [5.74, 6) is -0.583. The highest BCUT2D eigenvalue weighted by Gasteiger charge is 2.38. The minimum Gasteiger partial charge on any atom is -0.362 e. The first-order valence-electron chi connectivity index (χ1n) is 6.86. The number of halogens is 1. The van der Waals surface area contributed by atoms with E-state index < -0.39 is 0 Å². The Balaban J connectivity index is 2.00. The highest BCUT2D eigenvalue weighted by molar-refractivity contribution is 6.09. The average Bonchev–Trinajstić information content (AvgIpc) is 2.64. The Bertz CT molecular complexity index is 664. The number of carbonyl (C=O) groups is 1. The lowest BCUT2D eigenvalue weighted by atomic mass is 10.0. The fourth-order valence-corrected chi connectivity index (χ4v) is 2.95. The topological polar surface area (TPSA) is 32.3 Å². The van der Waals surface area contributed by atoms with Crippen LogP contribution in [-0.4, -0.2) is 16.8 Å². The van der Waals surface area contributed by atoms with Crippen molar-refractivity contribution in [2.24, 2.45) is 0 Å². The third-order valence-corrected chi connectivity index (χ3v) is 4.12. The molecule has 2 heterocycles. The van der Waals surface area contributed by atoms with Crippen molar-refractivity contribution in [1.82, 2.24) is 10.2 Å². The number of nitrogens with one attached hydrogen (secondary N) is 1. The number of hydrogen-bond donors (Lipinski definition) is 1. The van der Waals surface area contributed by atoms with E-state index in [0.717, 1.165) is 24.2 Å². The van der Waals surface area contributed by atoms with Gasteiger partial charge in [0, 0.05) is 22.7 Å². The van der Waals surface area contributed by atoms with Crippen molar-refractivity contribution in [3.8, 4) is 0 Å². The van der Waals surface area contributed by atoms with E-state index in [1.807, 2.05) is 0 Å². The summed E-state index contributed by atoms with van der Waals surface area (Å²) in [6.45, 7) is 13.6.